The van der Waals surface area contributed by atoms with E-state index in [2.05, 4.69) is 12.2 Å². The van der Waals surface area contributed by atoms with E-state index in [1.807, 2.05) is 25.1 Å². The predicted octanol–water partition coefficient (Wildman–Crippen LogP) is 4.41. The predicted molar refractivity (Wildman–Crippen MR) is 97.1 cm³/mol. The molecule has 0 radical (unpaired) electrons. The summed E-state index contributed by atoms with van der Waals surface area (Å²) in [6.45, 7) is 4.95. The van der Waals surface area contributed by atoms with E-state index in [4.69, 9.17) is 4.74 Å². The summed E-state index contributed by atoms with van der Waals surface area (Å²) in [5.74, 6) is -0.399. The van der Waals surface area contributed by atoms with Crippen molar-refractivity contribution in [3.05, 3.63) is 35.4 Å². The molecule has 0 fully saturated rings. The van der Waals surface area contributed by atoms with E-state index in [-0.39, 0.29) is 18.3 Å². The van der Waals surface area contributed by atoms with Crippen molar-refractivity contribution >= 4 is 11.9 Å². The second-order valence-electron chi connectivity index (χ2n) is 6.22. The Morgan fingerprint density at radius 3 is 2.46 bits per heavy atom. The number of ether oxygens (including phenoxy) is 1. The lowest BCUT2D eigenvalue weighted by atomic mass is 10.1. The zero-order chi connectivity index (χ0) is 17.6. The number of aryl methyl sites for hydroxylation is 1. The third-order valence-corrected chi connectivity index (χ3v) is 3.91. The number of amides is 1. The minimum absolute atomic E-state index is 0.154. The van der Waals surface area contributed by atoms with Gasteiger partial charge in [-0.3, -0.25) is 9.59 Å². The fourth-order valence-corrected chi connectivity index (χ4v) is 2.48. The van der Waals surface area contributed by atoms with Gasteiger partial charge in [-0.1, -0.05) is 63.1 Å². The molecule has 0 aliphatic heterocycles. The fraction of sp³-hybridized carbons (Fsp3) is 0.600. The van der Waals surface area contributed by atoms with Gasteiger partial charge in [0.15, 0.2) is 0 Å². The maximum Gasteiger partial charge on any atom is 0.307 e. The number of hydrogen-bond acceptors (Lipinski definition) is 3. The zero-order valence-corrected chi connectivity index (χ0v) is 15.1. The molecule has 0 spiro atoms. The Hall–Kier alpha value is -1.84. The molecule has 4 heteroatoms. The lowest BCUT2D eigenvalue weighted by Crippen LogP contribution is -2.26. The van der Waals surface area contributed by atoms with Gasteiger partial charge in [0.25, 0.3) is 5.91 Å². The molecule has 1 aromatic carbocycles. The molecule has 1 aromatic rings. The van der Waals surface area contributed by atoms with Gasteiger partial charge >= 0.3 is 5.97 Å². The van der Waals surface area contributed by atoms with Crippen molar-refractivity contribution in [2.75, 3.05) is 13.2 Å². The molecule has 1 amide bonds. The van der Waals surface area contributed by atoms with Crippen LogP contribution in [-0.4, -0.2) is 25.0 Å². The molecule has 0 aromatic heterocycles. The third kappa shape index (κ3) is 9.33. The van der Waals surface area contributed by atoms with Crippen LogP contribution in [0.3, 0.4) is 0 Å². The van der Waals surface area contributed by atoms with Crippen molar-refractivity contribution in [3.8, 4) is 0 Å². The van der Waals surface area contributed by atoms with Crippen LogP contribution in [0.15, 0.2) is 24.3 Å². The molecule has 0 atom stereocenters. The number of carbonyl (C=O) groups excluding carboxylic acids is 2. The van der Waals surface area contributed by atoms with E-state index < -0.39 is 0 Å². The van der Waals surface area contributed by atoms with Gasteiger partial charge in [0.05, 0.1) is 13.0 Å². The number of unbranched alkanes of at least 4 members (excludes halogenated alkanes) is 6. The molecule has 1 rings (SSSR count). The molecule has 4 nitrogen and oxygen atoms in total. The molecule has 134 valence electrons. The number of esters is 1. The number of carbonyl (C=O) groups is 2. The summed E-state index contributed by atoms with van der Waals surface area (Å²) in [7, 11) is 0. The summed E-state index contributed by atoms with van der Waals surface area (Å²) in [5.41, 5.74) is 1.66. The molecular formula is C20H31NO3. The summed E-state index contributed by atoms with van der Waals surface area (Å²) >= 11 is 0. The van der Waals surface area contributed by atoms with Crippen LogP contribution in [0.1, 0.15) is 74.2 Å². The zero-order valence-electron chi connectivity index (χ0n) is 15.1. The molecular weight excluding hydrogens is 302 g/mol. The van der Waals surface area contributed by atoms with Gasteiger partial charge in [0.1, 0.15) is 0 Å². The Kier molecular flexibility index (Phi) is 10.6. The number of hydrogen-bond donors (Lipinski definition) is 1. The Balaban J connectivity index is 2.03. The number of rotatable bonds is 12. The highest BCUT2D eigenvalue weighted by atomic mass is 16.5. The first-order valence-corrected chi connectivity index (χ1v) is 9.14. The molecule has 0 aliphatic carbocycles. The van der Waals surface area contributed by atoms with Crippen LogP contribution in [0.25, 0.3) is 0 Å². The number of nitrogens with one attached hydrogen (secondary N) is 1. The highest BCUT2D eigenvalue weighted by Crippen LogP contribution is 2.07. The van der Waals surface area contributed by atoms with E-state index in [1.54, 1.807) is 6.07 Å². The Labute approximate surface area is 146 Å². The Morgan fingerprint density at radius 2 is 1.75 bits per heavy atom. The maximum atomic E-state index is 11.9. The van der Waals surface area contributed by atoms with E-state index >= 15 is 0 Å². The molecule has 24 heavy (non-hydrogen) atoms. The first kappa shape index (κ1) is 20.2. The fourth-order valence-electron chi connectivity index (χ4n) is 2.48. The van der Waals surface area contributed by atoms with Crippen molar-refractivity contribution in [1.29, 1.82) is 0 Å². The van der Waals surface area contributed by atoms with Crippen LogP contribution < -0.4 is 5.32 Å². The summed E-state index contributed by atoms with van der Waals surface area (Å²) < 4.78 is 5.19. The van der Waals surface area contributed by atoms with Gasteiger partial charge in [-0.25, -0.2) is 0 Å². The average Bonchev–Trinajstić information content (AvgIpc) is 2.57. The minimum Gasteiger partial charge on any atom is -0.466 e. The lowest BCUT2D eigenvalue weighted by molar-refractivity contribution is -0.143. The summed E-state index contributed by atoms with van der Waals surface area (Å²) in [4.78, 5) is 23.5. The van der Waals surface area contributed by atoms with Crippen LogP contribution in [0.2, 0.25) is 0 Å². The summed E-state index contributed by atoms with van der Waals surface area (Å²) in [6.07, 6.45) is 8.61. The quantitative estimate of drug-likeness (QED) is 0.455. The third-order valence-electron chi connectivity index (χ3n) is 3.91. The molecule has 0 heterocycles. The second kappa shape index (κ2) is 12.6. The van der Waals surface area contributed by atoms with E-state index in [1.165, 1.54) is 32.1 Å². The van der Waals surface area contributed by atoms with Gasteiger partial charge < -0.3 is 10.1 Å². The van der Waals surface area contributed by atoms with Gasteiger partial charge in [-0.05, 0) is 25.5 Å². The SMILES string of the molecule is CCCCCCCCCOC(=O)CCNC(=O)c1cccc(C)c1. The molecule has 0 aliphatic rings. The first-order valence-electron chi connectivity index (χ1n) is 9.14. The van der Waals surface area contributed by atoms with Crippen molar-refractivity contribution in [2.24, 2.45) is 0 Å². The van der Waals surface area contributed by atoms with Crippen molar-refractivity contribution < 1.29 is 14.3 Å². The monoisotopic (exact) mass is 333 g/mol. The van der Waals surface area contributed by atoms with Gasteiger partial charge in [0.2, 0.25) is 0 Å². The van der Waals surface area contributed by atoms with Crippen molar-refractivity contribution in [1.82, 2.24) is 5.32 Å². The summed E-state index contributed by atoms with van der Waals surface area (Å²) in [6, 6.07) is 7.38. The van der Waals surface area contributed by atoms with Crippen LogP contribution in [0.4, 0.5) is 0 Å². The highest BCUT2D eigenvalue weighted by molar-refractivity contribution is 5.94. The summed E-state index contributed by atoms with van der Waals surface area (Å²) in [5, 5.41) is 2.75. The lowest BCUT2D eigenvalue weighted by Gasteiger charge is -2.07. The van der Waals surface area contributed by atoms with Crippen LogP contribution >= 0.6 is 0 Å². The maximum absolute atomic E-state index is 11.9. The van der Waals surface area contributed by atoms with E-state index in [9.17, 15) is 9.59 Å². The minimum atomic E-state index is -0.245. The van der Waals surface area contributed by atoms with Gasteiger partial charge in [-0.2, -0.15) is 0 Å². The molecule has 0 unspecified atom stereocenters. The molecule has 0 saturated carbocycles. The van der Waals surface area contributed by atoms with Crippen molar-refractivity contribution in [3.63, 3.8) is 0 Å². The standard InChI is InChI=1S/C20H31NO3/c1-3-4-5-6-7-8-9-15-24-19(22)13-14-21-20(23)18-12-10-11-17(2)16-18/h10-12,16H,3-9,13-15H2,1-2H3,(H,21,23). The first-order chi connectivity index (χ1) is 11.6. The van der Waals surface area contributed by atoms with E-state index in [0.29, 0.717) is 18.7 Å². The average molecular weight is 333 g/mol. The largest absolute Gasteiger partial charge is 0.466 e. The van der Waals surface area contributed by atoms with Crippen LogP contribution in [0, 0.1) is 6.92 Å². The molecule has 0 bridgehead atoms. The smallest absolute Gasteiger partial charge is 0.307 e. The normalized spacial score (nSPS) is 10.4. The second-order valence-corrected chi connectivity index (χ2v) is 6.22. The van der Waals surface area contributed by atoms with Crippen LogP contribution in [-0.2, 0) is 9.53 Å². The number of benzene rings is 1. The highest BCUT2D eigenvalue weighted by Gasteiger charge is 2.07. The Bertz CT molecular complexity index is 499. The molecule has 1 N–H and O–H groups in total. The van der Waals surface area contributed by atoms with Gasteiger partial charge in [0, 0.05) is 12.1 Å². The van der Waals surface area contributed by atoms with Crippen molar-refractivity contribution in [2.45, 2.75) is 65.2 Å². The van der Waals surface area contributed by atoms with E-state index in [0.717, 1.165) is 18.4 Å². The molecule has 0 saturated heterocycles. The van der Waals surface area contributed by atoms with Crippen LogP contribution in [0.5, 0.6) is 0 Å². The van der Waals surface area contributed by atoms with Gasteiger partial charge in [-0.15, -0.1) is 0 Å². The Morgan fingerprint density at radius 1 is 1.04 bits per heavy atom. The topological polar surface area (TPSA) is 55.4 Å².